The van der Waals surface area contributed by atoms with E-state index in [9.17, 15) is 18.0 Å². The summed E-state index contributed by atoms with van der Waals surface area (Å²) in [5.41, 5.74) is 4.84. The lowest BCUT2D eigenvalue weighted by atomic mass is 10.2. The molecule has 0 atom stereocenters. The number of nitrogen functional groups attached to an aromatic ring is 1. The van der Waals surface area contributed by atoms with Gasteiger partial charge >= 0.3 is 0 Å². The quantitative estimate of drug-likeness (QED) is 0.833. The third-order valence-corrected chi connectivity index (χ3v) is 2.84. The number of carbonyl (C=O) groups is 1. The molecule has 0 fully saturated rings. The SMILES string of the molecule is Nc1ccc(F)c(F)c1NC(=O)c1ccc(F)c(Cl)c1. The zero-order valence-electron chi connectivity index (χ0n) is 9.88. The molecule has 2 aromatic rings. The molecule has 0 unspecified atom stereocenters. The van der Waals surface area contributed by atoms with Gasteiger partial charge in [-0.25, -0.2) is 13.2 Å². The molecule has 0 aliphatic heterocycles. The molecule has 0 spiro atoms. The Morgan fingerprint density at radius 3 is 2.40 bits per heavy atom. The standard InChI is InChI=1S/C13H8ClF3N2O/c14-7-5-6(1-2-8(7)15)13(20)19-12-10(18)4-3-9(16)11(12)17/h1-5H,18H2,(H,19,20). The summed E-state index contributed by atoms with van der Waals surface area (Å²) < 4.78 is 39.6. The molecule has 0 bridgehead atoms. The molecule has 7 heteroatoms. The van der Waals surface area contributed by atoms with Gasteiger partial charge < -0.3 is 11.1 Å². The molecule has 104 valence electrons. The zero-order valence-corrected chi connectivity index (χ0v) is 10.6. The second kappa shape index (κ2) is 5.42. The fourth-order valence-electron chi connectivity index (χ4n) is 1.52. The third kappa shape index (κ3) is 2.70. The van der Waals surface area contributed by atoms with Crippen LogP contribution < -0.4 is 11.1 Å². The van der Waals surface area contributed by atoms with Crippen LogP contribution in [-0.2, 0) is 0 Å². The number of anilines is 2. The molecule has 0 aliphatic carbocycles. The van der Waals surface area contributed by atoms with Crippen molar-refractivity contribution in [1.29, 1.82) is 0 Å². The normalized spacial score (nSPS) is 10.4. The second-order valence-corrected chi connectivity index (χ2v) is 4.32. The highest BCUT2D eigenvalue weighted by Crippen LogP contribution is 2.25. The third-order valence-electron chi connectivity index (χ3n) is 2.55. The maximum atomic E-state index is 13.5. The van der Waals surface area contributed by atoms with Crippen molar-refractivity contribution in [2.45, 2.75) is 0 Å². The summed E-state index contributed by atoms with van der Waals surface area (Å²) in [5.74, 6) is -3.90. The first-order valence-electron chi connectivity index (χ1n) is 5.40. The van der Waals surface area contributed by atoms with E-state index in [1.165, 1.54) is 0 Å². The number of carbonyl (C=O) groups excluding carboxylic acids is 1. The molecule has 0 aromatic heterocycles. The Morgan fingerprint density at radius 2 is 1.75 bits per heavy atom. The molecule has 0 saturated heterocycles. The van der Waals surface area contributed by atoms with Crippen LogP contribution in [0.25, 0.3) is 0 Å². The predicted octanol–water partition coefficient (Wildman–Crippen LogP) is 3.59. The van der Waals surface area contributed by atoms with Crippen molar-refractivity contribution in [3.63, 3.8) is 0 Å². The average molecular weight is 301 g/mol. The molecule has 0 radical (unpaired) electrons. The Bertz CT molecular complexity index is 692. The first kappa shape index (κ1) is 14.2. The minimum absolute atomic E-state index is 0.0144. The topological polar surface area (TPSA) is 55.1 Å². The number of amides is 1. The lowest BCUT2D eigenvalue weighted by Crippen LogP contribution is -2.15. The first-order valence-corrected chi connectivity index (χ1v) is 5.78. The van der Waals surface area contributed by atoms with Gasteiger partial charge in [-0.2, -0.15) is 0 Å². The van der Waals surface area contributed by atoms with E-state index in [2.05, 4.69) is 5.32 Å². The van der Waals surface area contributed by atoms with Crippen molar-refractivity contribution in [3.8, 4) is 0 Å². The van der Waals surface area contributed by atoms with Crippen LogP contribution in [0.5, 0.6) is 0 Å². The lowest BCUT2D eigenvalue weighted by Gasteiger charge is -2.10. The number of rotatable bonds is 2. The minimum Gasteiger partial charge on any atom is -0.397 e. The number of halogens is 4. The second-order valence-electron chi connectivity index (χ2n) is 3.91. The van der Waals surface area contributed by atoms with Gasteiger partial charge in [0.25, 0.3) is 5.91 Å². The van der Waals surface area contributed by atoms with Crippen molar-refractivity contribution in [1.82, 2.24) is 0 Å². The Hall–Kier alpha value is -2.21. The fourth-order valence-corrected chi connectivity index (χ4v) is 1.70. The Labute approximate surface area is 117 Å². The van der Waals surface area contributed by atoms with Gasteiger partial charge in [0.15, 0.2) is 11.6 Å². The summed E-state index contributed by atoms with van der Waals surface area (Å²) in [5, 5.41) is 1.86. The number of nitrogens with one attached hydrogen (secondary N) is 1. The van der Waals surface area contributed by atoms with Crippen LogP contribution in [-0.4, -0.2) is 5.91 Å². The summed E-state index contributed by atoms with van der Waals surface area (Å²) in [6.07, 6.45) is 0. The van der Waals surface area contributed by atoms with Gasteiger partial charge in [0.05, 0.1) is 10.7 Å². The van der Waals surface area contributed by atoms with Crippen LogP contribution in [0.1, 0.15) is 10.4 Å². The molecule has 3 nitrogen and oxygen atoms in total. The fraction of sp³-hybridized carbons (Fsp3) is 0. The highest BCUT2D eigenvalue weighted by Gasteiger charge is 2.16. The molecule has 2 aromatic carbocycles. The minimum atomic E-state index is -1.27. The van der Waals surface area contributed by atoms with Crippen LogP contribution in [0.4, 0.5) is 24.5 Å². The van der Waals surface area contributed by atoms with Gasteiger partial charge in [-0.15, -0.1) is 0 Å². The summed E-state index contributed by atoms with van der Waals surface area (Å²) in [6.45, 7) is 0. The number of nitrogens with two attached hydrogens (primary N) is 1. The Morgan fingerprint density at radius 1 is 1.10 bits per heavy atom. The van der Waals surface area contributed by atoms with Crippen molar-refractivity contribution < 1.29 is 18.0 Å². The van der Waals surface area contributed by atoms with Gasteiger partial charge in [0.1, 0.15) is 11.5 Å². The van der Waals surface area contributed by atoms with Crippen LogP contribution in [0, 0.1) is 17.5 Å². The van der Waals surface area contributed by atoms with Crippen molar-refractivity contribution in [3.05, 3.63) is 58.4 Å². The van der Waals surface area contributed by atoms with E-state index in [0.29, 0.717) is 0 Å². The summed E-state index contributed by atoms with van der Waals surface area (Å²) >= 11 is 5.53. The molecule has 2 rings (SSSR count). The van der Waals surface area contributed by atoms with Crippen LogP contribution in [0.15, 0.2) is 30.3 Å². The zero-order chi connectivity index (χ0) is 14.9. The van der Waals surface area contributed by atoms with E-state index < -0.39 is 29.0 Å². The van der Waals surface area contributed by atoms with Crippen LogP contribution >= 0.6 is 11.6 Å². The largest absolute Gasteiger partial charge is 0.397 e. The number of hydrogen-bond donors (Lipinski definition) is 2. The maximum absolute atomic E-state index is 13.5. The number of hydrogen-bond acceptors (Lipinski definition) is 2. The molecular weight excluding hydrogens is 293 g/mol. The van der Waals surface area contributed by atoms with E-state index in [-0.39, 0.29) is 16.3 Å². The summed E-state index contributed by atoms with van der Waals surface area (Å²) in [4.78, 5) is 11.9. The molecular formula is C13H8ClF3N2O. The van der Waals surface area contributed by atoms with Gasteiger partial charge in [-0.05, 0) is 30.3 Å². The lowest BCUT2D eigenvalue weighted by molar-refractivity contribution is 0.102. The average Bonchev–Trinajstić information content (AvgIpc) is 2.42. The Kier molecular flexibility index (Phi) is 3.85. The molecule has 0 aliphatic rings. The first-order chi connectivity index (χ1) is 9.40. The molecule has 3 N–H and O–H groups in total. The van der Waals surface area contributed by atoms with E-state index in [0.717, 1.165) is 30.3 Å². The smallest absolute Gasteiger partial charge is 0.255 e. The summed E-state index contributed by atoms with van der Waals surface area (Å²) in [7, 11) is 0. The van der Waals surface area contributed by atoms with Crippen molar-refractivity contribution in [2.24, 2.45) is 0 Å². The predicted molar refractivity (Wildman–Crippen MR) is 70.1 cm³/mol. The van der Waals surface area contributed by atoms with Crippen LogP contribution in [0.2, 0.25) is 5.02 Å². The van der Waals surface area contributed by atoms with E-state index in [1.54, 1.807) is 0 Å². The van der Waals surface area contributed by atoms with Crippen molar-refractivity contribution >= 4 is 28.9 Å². The van der Waals surface area contributed by atoms with Crippen molar-refractivity contribution in [2.75, 3.05) is 11.1 Å². The monoisotopic (exact) mass is 300 g/mol. The molecule has 1 amide bonds. The van der Waals surface area contributed by atoms with E-state index in [1.807, 2.05) is 0 Å². The Balaban J connectivity index is 2.32. The number of benzene rings is 2. The molecule has 20 heavy (non-hydrogen) atoms. The van der Waals surface area contributed by atoms with Gasteiger partial charge in [0, 0.05) is 5.56 Å². The van der Waals surface area contributed by atoms with E-state index in [4.69, 9.17) is 17.3 Å². The highest BCUT2D eigenvalue weighted by molar-refractivity contribution is 6.31. The van der Waals surface area contributed by atoms with Gasteiger partial charge in [-0.3, -0.25) is 4.79 Å². The molecule has 0 heterocycles. The van der Waals surface area contributed by atoms with Gasteiger partial charge in [0.2, 0.25) is 0 Å². The molecule has 0 saturated carbocycles. The van der Waals surface area contributed by atoms with Crippen LogP contribution in [0.3, 0.4) is 0 Å². The maximum Gasteiger partial charge on any atom is 0.255 e. The van der Waals surface area contributed by atoms with E-state index >= 15 is 0 Å². The summed E-state index contributed by atoms with van der Waals surface area (Å²) in [6, 6.07) is 5.17. The highest BCUT2D eigenvalue weighted by atomic mass is 35.5. The van der Waals surface area contributed by atoms with Gasteiger partial charge in [-0.1, -0.05) is 11.6 Å².